The fraction of sp³-hybridized carbons (Fsp3) is 0.737. The molecule has 9 rings (SSSR count). The van der Waals surface area contributed by atoms with Crippen LogP contribution in [0.3, 0.4) is 0 Å². The van der Waals surface area contributed by atoms with Crippen LogP contribution in [0.15, 0.2) is 54.6 Å². The fourth-order valence-corrected chi connectivity index (χ4v) is 19.8. The Kier molecular flexibility index (Phi) is 48.1. The number of carboxylic acid groups (broad SMARTS) is 2. The lowest BCUT2D eigenvalue weighted by Gasteiger charge is -2.33. The Hall–Kier alpha value is -5.92. The molecule has 3 aromatic rings. The minimum Gasteiger partial charge on any atom is -0.482 e. The first-order valence-electron chi connectivity index (χ1n) is 46.5. The normalized spacial score (nSPS) is 22.7. The summed E-state index contributed by atoms with van der Waals surface area (Å²) in [6.07, 6.45) is 29.9. The van der Waals surface area contributed by atoms with Crippen molar-refractivity contribution >= 4 is 76.3 Å². The number of aliphatic hydroxyl groups excluding tert-OH is 4. The molecule has 3 amide bonds. The molecule has 3 saturated carbocycles. The minimum absolute atomic E-state index is 0.00306. The minimum atomic E-state index is -1.02. The van der Waals surface area contributed by atoms with Gasteiger partial charge in [0.05, 0.1) is 37.6 Å². The largest absolute Gasteiger partial charge is 0.482 e. The van der Waals surface area contributed by atoms with E-state index in [1.54, 1.807) is 27.9 Å². The van der Waals surface area contributed by atoms with Gasteiger partial charge in [0.25, 0.3) is 0 Å². The molecule has 6 aliphatic rings. The van der Waals surface area contributed by atoms with Crippen LogP contribution in [0.4, 0.5) is 9.59 Å². The van der Waals surface area contributed by atoms with Crippen molar-refractivity contribution < 1.29 is 94.0 Å². The van der Waals surface area contributed by atoms with Crippen LogP contribution in [-0.4, -0.2) is 210 Å². The lowest BCUT2D eigenvalue weighted by atomic mass is 9.73. The molecule has 23 nitrogen and oxygen atoms in total. The van der Waals surface area contributed by atoms with Crippen LogP contribution in [0.5, 0.6) is 17.2 Å². The van der Waals surface area contributed by atoms with E-state index in [-0.39, 0.29) is 91.0 Å². The first kappa shape index (κ1) is 102. The number of hydrogen-bond donors (Lipinski definition) is 10. The highest BCUT2D eigenvalue weighted by atomic mass is 32.1. The molecule has 26 heteroatoms. The van der Waals surface area contributed by atoms with Crippen LogP contribution in [-0.2, 0) is 76.7 Å². The number of likely N-dealkylation sites (N-methyl/N-ethyl adjacent to an activating group) is 2. The van der Waals surface area contributed by atoms with Crippen molar-refractivity contribution in [3.05, 3.63) is 88.0 Å². The maximum atomic E-state index is 13.4. The number of fused-ring (bicyclic) bond motifs is 6. The van der Waals surface area contributed by atoms with Gasteiger partial charge in [-0.3, -0.25) is 14.5 Å². The number of nitrogens with zero attached hydrogens (tertiary/aromatic N) is 2. The number of hydrogen-bond acceptors (Lipinski definition) is 20. The van der Waals surface area contributed by atoms with Crippen molar-refractivity contribution in [2.24, 2.45) is 53.3 Å². The molecule has 0 bridgehead atoms. The summed E-state index contributed by atoms with van der Waals surface area (Å²) in [6.45, 7) is 11.7. The Bertz CT molecular complexity index is 3590. The number of amides is 3. The van der Waals surface area contributed by atoms with Crippen LogP contribution in [0, 0.1) is 53.3 Å². The summed E-state index contributed by atoms with van der Waals surface area (Å²) >= 11 is 8.43. The van der Waals surface area contributed by atoms with E-state index >= 15 is 0 Å². The molecule has 8 N–H and O–H groups in total. The second-order valence-electron chi connectivity index (χ2n) is 34.8. The lowest BCUT2D eigenvalue weighted by molar-refractivity contribution is -0.143. The zero-order chi connectivity index (χ0) is 89.0. The van der Waals surface area contributed by atoms with Gasteiger partial charge in [-0.25, -0.2) is 24.0 Å². The van der Waals surface area contributed by atoms with Crippen molar-refractivity contribution in [3.8, 4) is 17.2 Å². The van der Waals surface area contributed by atoms with Gasteiger partial charge in [-0.1, -0.05) is 147 Å². The molecule has 121 heavy (non-hydrogen) atoms. The van der Waals surface area contributed by atoms with Gasteiger partial charge in [-0.2, -0.15) is 25.3 Å². The molecule has 0 aromatic heterocycles. The molecule has 0 saturated heterocycles. The molecule has 1 unspecified atom stereocenters. The van der Waals surface area contributed by atoms with Gasteiger partial charge in [-0.15, -0.1) is 9.24 Å². The van der Waals surface area contributed by atoms with Gasteiger partial charge in [-0.05, 0) is 272 Å². The van der Waals surface area contributed by atoms with Gasteiger partial charge >= 0.3 is 30.1 Å². The molecule has 6 aliphatic carbocycles. The number of aliphatic hydroxyl groups is 4. The van der Waals surface area contributed by atoms with Crippen LogP contribution >= 0.6 is 34.5 Å². The van der Waals surface area contributed by atoms with E-state index in [0.717, 1.165) is 200 Å². The van der Waals surface area contributed by atoms with E-state index in [0.29, 0.717) is 86.9 Å². The van der Waals surface area contributed by atoms with E-state index in [1.165, 1.54) is 73.0 Å². The van der Waals surface area contributed by atoms with E-state index in [2.05, 4.69) is 88.8 Å². The standard InChI is InChI=1S/C37H60N2O7S.C33H52N2O7S.C24H36O5.CH5P/c1-4-5-11-16-29(46-37(44)39(3)26(2)36(43)38-20-12-9-7-6-8-10-13-21-47)18-19-30-31-22-27-15-14-17-34(45-25-35(41)42)32(27)23-28(31)24-33(30)40;1-4-5-6-10-25(36)13-14-26-27-18-23-9-7-12-30(41-21-32(38)39)28(23)19-24(27)20-31(26)42-33(40)35(3)22(2)29(37)11-8-15-34-16-17-43;1-3-4-5-8-18(25)10-11-19-20-12-16-7-6-9-23(29-15-24(27)28-2)21(16)13-17(20)14-22(19)26;1-2/h14-15,17,26,28-31,33,40,47H,4-13,16,18-25H2,1-3H3,(H,38,43)(H,41,42);7,9,12,22,24-27,31,34,36,43H,4-6,8,10-11,13-21H2,1-3H3,(H,38,39);6-7,9,17-20,22,25-26H,3-5,8,10-15H2,1-2H3;2H2,1H3/t26-,28+,29+,30-,31+,33-;22-,24+,25+,26-,27+,31-;17-,18-,19+,20-,22+;/m110./s1/i;;;1T. The van der Waals surface area contributed by atoms with Crippen molar-refractivity contribution in [1.82, 2.24) is 20.4 Å². The molecule has 0 heterocycles. The number of carbonyl (C=O) groups excluding carboxylic acids is 5. The number of thiol groups is 2. The summed E-state index contributed by atoms with van der Waals surface area (Å²) in [5.41, 5.74) is 6.83. The molecular formula is C95H153N4O19PS2. The molecule has 684 valence electrons. The topological polar surface area (TPSA) is 327 Å². The number of rotatable bonds is 51. The van der Waals surface area contributed by atoms with Crippen molar-refractivity contribution in [1.29, 1.82) is 0 Å². The monoisotopic (exact) mass is 1750 g/mol. The van der Waals surface area contributed by atoms with Crippen LogP contribution < -0.4 is 24.8 Å². The number of aliphatic carboxylic acids is 2. The third-order valence-electron chi connectivity index (χ3n) is 26.5. The number of ether oxygens (including phenoxy) is 6. The zero-order valence-electron chi connectivity index (χ0n) is 75.2. The maximum Gasteiger partial charge on any atom is 0.410 e. The smallest absolute Gasteiger partial charge is 0.410 e. The number of esters is 1. The van der Waals surface area contributed by atoms with E-state index in [9.17, 15) is 54.0 Å². The number of carbonyl (C=O) groups is 7. The number of benzene rings is 3. The summed E-state index contributed by atoms with van der Waals surface area (Å²) in [6, 6.07) is 16.4. The molecular weight excluding hydrogens is 1600 g/mol. The summed E-state index contributed by atoms with van der Waals surface area (Å²) in [5.74, 6) is 3.57. The predicted octanol–water partition coefficient (Wildman–Crippen LogP) is 15.9. The van der Waals surface area contributed by atoms with E-state index in [4.69, 9.17) is 35.3 Å². The Morgan fingerprint density at radius 2 is 0.959 bits per heavy atom. The van der Waals surface area contributed by atoms with Crippen LogP contribution in [0.25, 0.3) is 0 Å². The fourth-order valence-electron chi connectivity index (χ4n) is 19.4. The van der Waals surface area contributed by atoms with Crippen LogP contribution in [0.1, 0.15) is 262 Å². The second-order valence-corrected chi connectivity index (χ2v) is 35.7. The first-order chi connectivity index (χ1) is 58.8. The number of carboxylic acids is 2. The molecule has 3 fully saturated rings. The average Bonchev–Trinajstić information content (AvgIpc) is 1.61. The Morgan fingerprint density at radius 3 is 1.43 bits per heavy atom. The Balaban J connectivity index is 0.000000285. The number of nitrogens with one attached hydrogen (secondary N) is 2. The van der Waals surface area contributed by atoms with Gasteiger partial charge < -0.3 is 74.6 Å². The SMILES string of the molecule is CCCCC[C@@H](CC[C@@H]1[C@H]2Cc3cccc(OCC(=O)O)c3C[C@H]2C[C@H]1O)OC(=O)N(C)[C@H](C)C(=O)NCCCCCCCCCS.CCCCC[C@H](O)CC[C@@H]1[C@H]2Cc3cccc(OCC(=O)O)c3C[C@H]2C[C@H]1OC(=O)N(C)[C@H](C)C(=O)CCCNCCS.CCCCC[C@H](O)CC[C@@H]1[C@H]2Cc3cccc(OCC(=O)OC)c3C[C@H]2C[C@H]1O.[3H]CP. The summed E-state index contributed by atoms with van der Waals surface area (Å²) in [7, 11) is 6.85. The zero-order valence-corrected chi connectivity index (χ0v) is 77.1. The van der Waals surface area contributed by atoms with Crippen molar-refractivity contribution in [2.45, 2.75) is 314 Å². The number of ketones is 1. The van der Waals surface area contributed by atoms with Crippen molar-refractivity contribution in [2.75, 3.05) is 78.8 Å². The molecule has 0 radical (unpaired) electrons. The van der Waals surface area contributed by atoms with E-state index < -0.39 is 48.9 Å². The summed E-state index contributed by atoms with van der Waals surface area (Å²) < 4.78 is 40.0. The highest BCUT2D eigenvalue weighted by Crippen LogP contribution is 2.52. The van der Waals surface area contributed by atoms with Gasteiger partial charge in [0, 0.05) is 40.7 Å². The molecule has 0 spiro atoms. The molecule has 18 atom stereocenters. The Labute approximate surface area is 738 Å². The van der Waals surface area contributed by atoms with Gasteiger partial charge in [0.15, 0.2) is 25.6 Å². The Morgan fingerprint density at radius 1 is 0.521 bits per heavy atom. The summed E-state index contributed by atoms with van der Waals surface area (Å²) in [4.78, 5) is 88.6. The average molecular weight is 1750 g/mol. The maximum absolute atomic E-state index is 13.4. The van der Waals surface area contributed by atoms with Gasteiger partial charge in [0.2, 0.25) is 5.91 Å². The molecule has 3 aromatic carbocycles. The van der Waals surface area contributed by atoms with E-state index in [1.807, 2.05) is 36.4 Å². The van der Waals surface area contributed by atoms with Gasteiger partial charge in [0.1, 0.15) is 35.5 Å². The lowest BCUT2D eigenvalue weighted by Crippen LogP contribution is -2.47. The first-order valence-corrected chi connectivity index (χ1v) is 47.9. The summed E-state index contributed by atoms with van der Waals surface area (Å²) in [5, 5.41) is 67.3. The predicted molar refractivity (Wildman–Crippen MR) is 486 cm³/mol. The molecule has 0 aliphatic heterocycles. The number of unbranched alkanes of at least 4 members (excludes halogenated alkanes) is 12. The van der Waals surface area contributed by atoms with Crippen molar-refractivity contribution in [3.63, 3.8) is 0 Å². The third kappa shape index (κ3) is 34.1. The number of Topliss-reactive ketones (excluding diaryl/α,β-unsaturated/α-hetero) is 1. The highest BCUT2D eigenvalue weighted by molar-refractivity contribution is 7.80. The van der Waals surface area contributed by atoms with Crippen LogP contribution in [0.2, 0.25) is 0 Å². The highest BCUT2D eigenvalue weighted by Gasteiger charge is 2.50. The number of methoxy groups -OCH3 is 1. The second kappa shape index (κ2) is 56.9. The quantitative estimate of drug-likeness (QED) is 0.00825. The third-order valence-corrected chi connectivity index (χ3v) is 27.0.